The molecule has 2 nitrogen and oxygen atoms in total. The van der Waals surface area contributed by atoms with Gasteiger partial charge in [-0.15, -0.1) is 11.3 Å². The molecule has 78 valence electrons. The minimum atomic E-state index is 0.672. The summed E-state index contributed by atoms with van der Waals surface area (Å²) in [6, 6.07) is 2.03. The van der Waals surface area contributed by atoms with E-state index in [1.54, 1.807) is 11.3 Å². The molecular weight excluding hydrogens is 292 g/mol. The van der Waals surface area contributed by atoms with Crippen molar-refractivity contribution < 1.29 is 0 Å². The molecule has 0 aromatic carbocycles. The number of hydrogen-bond acceptors (Lipinski definition) is 3. The number of aromatic amines is 1. The number of aryl methyl sites for hydroxylation is 1. The van der Waals surface area contributed by atoms with Gasteiger partial charge in [0.1, 0.15) is 10.5 Å². The van der Waals surface area contributed by atoms with Gasteiger partial charge in [0.2, 0.25) is 0 Å². The maximum Gasteiger partial charge on any atom is 0.149 e. The maximum absolute atomic E-state index is 5.20. The highest BCUT2D eigenvalue weighted by Gasteiger charge is 2.05. The predicted molar refractivity (Wildman–Crippen MR) is 69.9 cm³/mol. The predicted octanol–water partition coefficient (Wildman–Crippen LogP) is 4.25. The number of H-pyrrole nitrogens is 1. The van der Waals surface area contributed by atoms with E-state index in [4.69, 9.17) is 12.2 Å². The van der Waals surface area contributed by atoms with Gasteiger partial charge in [0.05, 0.1) is 4.88 Å². The highest BCUT2D eigenvalue weighted by molar-refractivity contribution is 9.10. The van der Waals surface area contributed by atoms with E-state index in [1.165, 1.54) is 0 Å². The second kappa shape index (κ2) is 4.15. The van der Waals surface area contributed by atoms with E-state index in [1.807, 2.05) is 25.3 Å². The van der Waals surface area contributed by atoms with Crippen molar-refractivity contribution in [2.24, 2.45) is 0 Å². The summed E-state index contributed by atoms with van der Waals surface area (Å²) >= 11 is 10.3. The molecule has 0 spiro atoms. The first kappa shape index (κ1) is 11.0. The van der Waals surface area contributed by atoms with Crippen LogP contribution in [0.2, 0.25) is 0 Å². The monoisotopic (exact) mass is 300 g/mol. The lowest BCUT2D eigenvalue weighted by atomic mass is 10.3. The molecular formula is C10H9BrN2S2. The van der Waals surface area contributed by atoms with E-state index in [0.29, 0.717) is 4.64 Å². The molecule has 2 heterocycles. The normalized spacial score (nSPS) is 10.6. The second-order valence-corrected chi connectivity index (χ2v) is 5.48. The average molecular weight is 301 g/mol. The summed E-state index contributed by atoms with van der Waals surface area (Å²) in [5.74, 6) is 0.846. The fourth-order valence-corrected chi connectivity index (χ4v) is 2.82. The van der Waals surface area contributed by atoms with E-state index in [2.05, 4.69) is 25.9 Å². The van der Waals surface area contributed by atoms with Crippen LogP contribution in [0.15, 0.2) is 15.9 Å². The van der Waals surface area contributed by atoms with Gasteiger partial charge in [0.25, 0.3) is 0 Å². The molecule has 15 heavy (non-hydrogen) atoms. The Balaban J connectivity index is 2.60. The van der Waals surface area contributed by atoms with E-state index >= 15 is 0 Å². The van der Waals surface area contributed by atoms with Crippen molar-refractivity contribution in [2.45, 2.75) is 13.8 Å². The highest BCUT2D eigenvalue weighted by atomic mass is 79.9. The number of halogens is 1. The average Bonchev–Trinajstić information content (AvgIpc) is 2.60. The summed E-state index contributed by atoms with van der Waals surface area (Å²) in [4.78, 5) is 8.72. The Hall–Kier alpha value is -0.520. The molecule has 0 bridgehead atoms. The zero-order valence-corrected chi connectivity index (χ0v) is 11.5. The van der Waals surface area contributed by atoms with Crippen LogP contribution in [-0.2, 0) is 0 Å². The van der Waals surface area contributed by atoms with E-state index in [-0.39, 0.29) is 0 Å². The minimum absolute atomic E-state index is 0.672. The minimum Gasteiger partial charge on any atom is -0.342 e. The lowest BCUT2D eigenvalue weighted by molar-refractivity contribution is 1.06. The first-order valence-electron chi connectivity index (χ1n) is 4.40. The van der Waals surface area contributed by atoms with Gasteiger partial charge in [-0.25, -0.2) is 4.98 Å². The third-order valence-corrected chi connectivity index (χ3v) is 4.30. The maximum atomic E-state index is 5.20. The number of thiophene rings is 1. The Labute approximate surface area is 106 Å². The summed E-state index contributed by atoms with van der Waals surface area (Å²) in [6.45, 7) is 3.99. The van der Waals surface area contributed by atoms with Crippen LogP contribution in [0, 0.1) is 18.5 Å². The van der Waals surface area contributed by atoms with Gasteiger partial charge in [0.15, 0.2) is 0 Å². The zero-order chi connectivity index (χ0) is 11.0. The van der Waals surface area contributed by atoms with Crippen molar-refractivity contribution in [3.05, 3.63) is 31.8 Å². The van der Waals surface area contributed by atoms with Gasteiger partial charge in [-0.1, -0.05) is 12.2 Å². The largest absolute Gasteiger partial charge is 0.342 e. The Bertz CT molecular complexity index is 557. The summed E-state index contributed by atoms with van der Waals surface area (Å²) < 4.78 is 1.74. The standard InChI is InChI=1S/C10H9BrN2S2/c1-5-6(2)12-9(13-10(5)14)8-3-7(11)4-15-8/h3-4H,1-2H3,(H,12,13,14). The molecule has 2 aromatic rings. The van der Waals surface area contributed by atoms with Crippen LogP contribution in [-0.4, -0.2) is 9.97 Å². The quantitative estimate of drug-likeness (QED) is 0.798. The SMILES string of the molecule is Cc1[nH]c(-c2cc(Br)cs2)nc(=S)c1C. The lowest BCUT2D eigenvalue weighted by Crippen LogP contribution is -1.94. The van der Waals surface area contributed by atoms with Crippen LogP contribution in [0.4, 0.5) is 0 Å². The molecule has 0 radical (unpaired) electrons. The van der Waals surface area contributed by atoms with Crippen LogP contribution < -0.4 is 0 Å². The van der Waals surface area contributed by atoms with Gasteiger partial charge in [-0.3, -0.25) is 0 Å². The zero-order valence-electron chi connectivity index (χ0n) is 8.30. The highest BCUT2D eigenvalue weighted by Crippen LogP contribution is 2.27. The molecule has 5 heteroatoms. The van der Waals surface area contributed by atoms with Crippen molar-refractivity contribution >= 4 is 39.5 Å². The molecule has 0 fully saturated rings. The molecule has 0 amide bonds. The first-order chi connectivity index (χ1) is 7.08. The molecule has 1 N–H and O–H groups in total. The second-order valence-electron chi connectivity index (χ2n) is 3.27. The fourth-order valence-electron chi connectivity index (χ4n) is 1.20. The topological polar surface area (TPSA) is 28.7 Å². The Morgan fingerprint density at radius 1 is 1.47 bits per heavy atom. The summed E-state index contributed by atoms with van der Waals surface area (Å²) in [6.07, 6.45) is 0. The van der Waals surface area contributed by atoms with Crippen molar-refractivity contribution in [1.82, 2.24) is 9.97 Å². The van der Waals surface area contributed by atoms with Crippen LogP contribution in [0.25, 0.3) is 10.7 Å². The van der Waals surface area contributed by atoms with Gasteiger partial charge in [0, 0.05) is 21.1 Å². The van der Waals surface area contributed by atoms with Gasteiger partial charge in [-0.2, -0.15) is 0 Å². The van der Waals surface area contributed by atoms with Crippen LogP contribution >= 0.6 is 39.5 Å². The van der Waals surface area contributed by atoms with Gasteiger partial charge >= 0.3 is 0 Å². The Morgan fingerprint density at radius 3 is 2.73 bits per heavy atom. The van der Waals surface area contributed by atoms with Gasteiger partial charge < -0.3 is 4.98 Å². The number of rotatable bonds is 1. The number of nitrogens with zero attached hydrogens (tertiary/aromatic N) is 1. The summed E-state index contributed by atoms with van der Waals surface area (Å²) in [5.41, 5.74) is 2.12. The Kier molecular flexibility index (Phi) is 3.04. The molecule has 0 unspecified atom stereocenters. The summed E-state index contributed by atoms with van der Waals surface area (Å²) in [5, 5.41) is 2.03. The molecule has 2 rings (SSSR count). The molecule has 0 atom stereocenters. The van der Waals surface area contributed by atoms with Crippen LogP contribution in [0.3, 0.4) is 0 Å². The van der Waals surface area contributed by atoms with Crippen molar-refractivity contribution in [2.75, 3.05) is 0 Å². The smallest absolute Gasteiger partial charge is 0.149 e. The molecule has 0 aliphatic rings. The third-order valence-electron chi connectivity index (χ3n) is 2.20. The number of hydrogen-bond donors (Lipinski definition) is 1. The number of aromatic nitrogens is 2. The Morgan fingerprint density at radius 2 is 2.20 bits per heavy atom. The van der Waals surface area contributed by atoms with E-state index in [0.717, 1.165) is 26.4 Å². The van der Waals surface area contributed by atoms with Crippen molar-refractivity contribution in [3.63, 3.8) is 0 Å². The van der Waals surface area contributed by atoms with E-state index in [9.17, 15) is 0 Å². The number of nitrogens with one attached hydrogen (secondary N) is 1. The van der Waals surface area contributed by atoms with Crippen molar-refractivity contribution in [3.8, 4) is 10.7 Å². The molecule has 0 saturated heterocycles. The molecule has 0 aliphatic carbocycles. The molecule has 0 saturated carbocycles. The lowest BCUT2D eigenvalue weighted by Gasteiger charge is -2.03. The van der Waals surface area contributed by atoms with Crippen LogP contribution in [0.1, 0.15) is 11.3 Å². The van der Waals surface area contributed by atoms with Gasteiger partial charge in [-0.05, 0) is 35.8 Å². The van der Waals surface area contributed by atoms with E-state index < -0.39 is 0 Å². The molecule has 2 aromatic heterocycles. The fraction of sp³-hybridized carbons (Fsp3) is 0.200. The molecule has 0 aliphatic heterocycles. The van der Waals surface area contributed by atoms with Crippen molar-refractivity contribution in [1.29, 1.82) is 0 Å². The third kappa shape index (κ3) is 2.19. The van der Waals surface area contributed by atoms with Crippen LogP contribution in [0.5, 0.6) is 0 Å². The summed E-state index contributed by atoms with van der Waals surface area (Å²) in [7, 11) is 0. The first-order valence-corrected chi connectivity index (χ1v) is 6.48.